The van der Waals surface area contributed by atoms with Gasteiger partial charge in [0.25, 0.3) is 0 Å². The van der Waals surface area contributed by atoms with E-state index >= 15 is 0 Å². The van der Waals surface area contributed by atoms with Gasteiger partial charge in [-0.2, -0.15) is 0 Å². The fourth-order valence-corrected chi connectivity index (χ4v) is 0. The van der Waals surface area contributed by atoms with E-state index in [-0.39, 0.29) is 76.6 Å². The van der Waals surface area contributed by atoms with E-state index in [4.69, 9.17) is 0 Å². The van der Waals surface area contributed by atoms with Gasteiger partial charge in [-0.15, -0.1) is 24.0 Å². The second kappa shape index (κ2) is 324. The molecular weight excluding hydrogens is 363 g/mol. The topological polar surface area (TPSA) is 0 Å². The Balaban J connectivity index is 0. The first kappa shape index (κ1) is 474. The molecule has 0 bridgehead atoms. The summed E-state index contributed by atoms with van der Waals surface area (Å²) in [5, 5.41) is 0. The van der Waals surface area contributed by atoms with Crippen molar-refractivity contribution in [2.75, 3.05) is 0 Å². The van der Waals surface area contributed by atoms with Gasteiger partial charge in [-0.05, 0) is 0 Å². The molecule has 0 aromatic rings. The van der Waals surface area contributed by atoms with Gasteiger partial charge in [0, 0.05) is 0 Å². The molecule has 0 atom stereocenters. The van der Waals surface area contributed by atoms with Gasteiger partial charge in [0.05, 0.1) is 0 Å². The molecule has 0 nitrogen and oxygen atoms in total. The third-order valence-electron chi connectivity index (χ3n) is 0. The number of hydrogen-bond donors (Lipinski definition) is 0. The Morgan fingerprint density at radius 1 is 0.375 bits per heavy atom. The van der Waals surface area contributed by atoms with Crippen LogP contribution >= 0.6 is 24.0 Å². The van der Waals surface area contributed by atoms with Crippen LogP contribution in [-0.2, 0) is 0 Å². The molecule has 0 rings (SSSR count). The van der Waals surface area contributed by atoms with Crippen LogP contribution in [-0.4, -0.2) is 24.4 Å². The van der Waals surface area contributed by atoms with E-state index in [2.05, 4.69) is 0 Å². The molecule has 0 aliphatic carbocycles. The summed E-state index contributed by atoms with van der Waals surface area (Å²) in [6.07, 6.45) is 0. The van der Waals surface area contributed by atoms with Gasteiger partial charge < -0.3 is 0 Å². The maximum atomic E-state index is 0. The Morgan fingerprint density at radius 3 is 0.375 bits per heavy atom. The van der Waals surface area contributed by atoms with Crippen LogP contribution in [0.25, 0.3) is 0 Å². The Bertz CT molecular complexity index is 8.49. The quantitative estimate of drug-likeness (QED) is 0.327. The van der Waals surface area contributed by atoms with E-state index < -0.39 is 0 Å². The summed E-state index contributed by atoms with van der Waals surface area (Å²) >= 11 is 0. The molecule has 0 amide bonds. The van der Waals surface area contributed by atoms with Gasteiger partial charge in [0.2, 0.25) is 0 Å². The van der Waals surface area contributed by atoms with Crippen LogP contribution in [0.3, 0.4) is 0 Å². The first-order valence-electron chi connectivity index (χ1n) is 0. The van der Waals surface area contributed by atoms with Crippen LogP contribution in [0, 0.1) is 0 Å². The van der Waals surface area contributed by atoms with Crippen LogP contribution in [0.15, 0.2) is 0 Å². The molecule has 0 spiro atoms. The summed E-state index contributed by atoms with van der Waals surface area (Å²) in [7, 11) is 0. The maximum absolute atomic E-state index is 0. The van der Waals surface area contributed by atoms with Crippen LogP contribution < -0.4 is 0 Å². The predicted octanol–water partition coefficient (Wildman–Crippen LogP) is 0.349. The fraction of sp³-hybridized carbons (Fsp3) is 0. The molecule has 0 aliphatic rings. The van der Waals surface area contributed by atoms with Gasteiger partial charge in [-0.25, -0.2) is 0 Å². The van der Waals surface area contributed by atoms with Crippen molar-refractivity contribution in [3.63, 3.8) is 0 Å². The third kappa shape index (κ3) is 210. The third-order valence-corrected chi connectivity index (χ3v) is 0. The number of hydrogen-bond acceptors (Lipinski definition) is 0. The molecule has 0 heterocycles. The first-order chi connectivity index (χ1) is 0. The summed E-state index contributed by atoms with van der Waals surface area (Å²) in [6, 6.07) is 0. The van der Waals surface area contributed by atoms with E-state index in [0.29, 0.717) is 0 Å². The molecule has 8 heteroatoms. The Labute approximate surface area is 76.5 Å². The van der Waals surface area contributed by atoms with Gasteiger partial charge in [0.1, 0.15) is 0 Å². The molecular formula is H10F6ISb. The van der Waals surface area contributed by atoms with Gasteiger partial charge >= 0.3 is 24.4 Å². The van der Waals surface area contributed by atoms with E-state index in [9.17, 15) is 0 Å². The predicted molar refractivity (Wildman–Crippen MR) is 40.4 cm³/mol. The molecule has 0 radical (unpaired) electrons. The molecule has 64 valence electrons. The first-order valence-corrected chi connectivity index (χ1v) is 0. The molecule has 0 N–H and O–H groups in total. The standard InChI is InChI=1S/6FH.HI.Sb.3H/h7*1H;;;;. The molecule has 8 heavy (non-hydrogen) atoms. The van der Waals surface area contributed by atoms with Crippen molar-refractivity contribution in [3.05, 3.63) is 0 Å². The molecule has 0 fully saturated rings. The zero-order chi connectivity index (χ0) is 0. The van der Waals surface area contributed by atoms with E-state index in [1.165, 1.54) is 0 Å². The van der Waals surface area contributed by atoms with Crippen molar-refractivity contribution in [3.8, 4) is 0 Å². The molecule has 0 aromatic carbocycles. The zero-order valence-electron chi connectivity index (χ0n) is 3.56. The average Bonchev–Trinajstić information content (AvgIpc) is 0. The summed E-state index contributed by atoms with van der Waals surface area (Å²) in [5.74, 6) is 0. The van der Waals surface area contributed by atoms with Crippen LogP contribution in [0.5, 0.6) is 0 Å². The summed E-state index contributed by atoms with van der Waals surface area (Å²) in [6.45, 7) is 0. The van der Waals surface area contributed by atoms with Crippen LogP contribution in [0.2, 0.25) is 0 Å². The SMILES string of the molecule is F.F.F.F.F.F.I.[SbH3]. The zero-order valence-corrected chi connectivity index (χ0v) is 9.93. The molecule has 0 saturated heterocycles. The second-order valence-electron chi connectivity index (χ2n) is 0. The van der Waals surface area contributed by atoms with E-state index in [0.717, 1.165) is 0 Å². The fourth-order valence-electron chi connectivity index (χ4n) is 0. The van der Waals surface area contributed by atoms with Gasteiger partial charge in [-0.3, -0.25) is 28.2 Å². The number of halogens is 7. The van der Waals surface area contributed by atoms with Crippen molar-refractivity contribution >= 4 is 48.4 Å². The Kier molecular flexibility index (Phi) is 19200. The number of rotatable bonds is 0. The summed E-state index contributed by atoms with van der Waals surface area (Å²) < 4.78 is 0. The van der Waals surface area contributed by atoms with Gasteiger partial charge in [0.15, 0.2) is 0 Å². The average molecular weight is 373 g/mol. The van der Waals surface area contributed by atoms with E-state index in [1.807, 2.05) is 0 Å². The molecule has 0 aromatic heterocycles. The van der Waals surface area contributed by atoms with Crippen molar-refractivity contribution in [1.29, 1.82) is 0 Å². The summed E-state index contributed by atoms with van der Waals surface area (Å²) in [4.78, 5) is 0. The van der Waals surface area contributed by atoms with Crippen molar-refractivity contribution in [1.82, 2.24) is 0 Å². The van der Waals surface area contributed by atoms with Crippen molar-refractivity contribution < 1.29 is 28.2 Å². The van der Waals surface area contributed by atoms with Crippen LogP contribution in [0.4, 0.5) is 28.2 Å². The van der Waals surface area contributed by atoms with Crippen LogP contribution in [0.1, 0.15) is 0 Å². The molecule has 0 saturated carbocycles. The Hall–Kier alpha value is 1.13. The molecule has 0 unspecified atom stereocenters. The normalized spacial score (nSPS) is 0. The van der Waals surface area contributed by atoms with Gasteiger partial charge in [-0.1, -0.05) is 0 Å². The summed E-state index contributed by atoms with van der Waals surface area (Å²) in [5.41, 5.74) is 0. The Morgan fingerprint density at radius 2 is 0.375 bits per heavy atom. The minimum absolute atomic E-state index is 0. The van der Waals surface area contributed by atoms with Crippen molar-refractivity contribution in [2.24, 2.45) is 0 Å². The second-order valence-corrected chi connectivity index (χ2v) is 0. The monoisotopic (exact) mass is 372 g/mol. The van der Waals surface area contributed by atoms with E-state index in [1.54, 1.807) is 0 Å². The molecule has 0 aliphatic heterocycles. The van der Waals surface area contributed by atoms with Crippen molar-refractivity contribution in [2.45, 2.75) is 0 Å². The minimum atomic E-state index is 0.